The summed E-state index contributed by atoms with van der Waals surface area (Å²) in [6, 6.07) is 7.21. The second-order valence-corrected chi connectivity index (χ2v) is 3.44. The summed E-state index contributed by atoms with van der Waals surface area (Å²) in [6.45, 7) is 0. The van der Waals surface area contributed by atoms with E-state index >= 15 is 0 Å². The molecule has 0 aliphatic heterocycles. The van der Waals surface area contributed by atoms with Crippen molar-refractivity contribution in [1.82, 2.24) is 0 Å². The highest BCUT2D eigenvalue weighted by Gasteiger charge is 2.10. The average Bonchev–Trinajstić information content (AvgIpc) is 2.35. The van der Waals surface area contributed by atoms with E-state index in [1.165, 1.54) is 24.3 Å². The molecular formula is C12H9F3N2O. The molecule has 0 fully saturated rings. The third kappa shape index (κ3) is 2.38. The van der Waals surface area contributed by atoms with Gasteiger partial charge in [-0.2, -0.15) is 4.39 Å². The number of benzene rings is 2. The highest BCUT2D eigenvalue weighted by atomic mass is 19.2. The first-order valence-electron chi connectivity index (χ1n) is 5.00. The normalized spacial score (nSPS) is 10.2. The number of rotatable bonds is 3. The maximum Gasteiger partial charge on any atom is 0.201 e. The molecule has 0 atom stereocenters. The van der Waals surface area contributed by atoms with Crippen LogP contribution in [0.4, 0.5) is 18.9 Å². The van der Waals surface area contributed by atoms with E-state index in [1.807, 2.05) is 0 Å². The van der Waals surface area contributed by atoms with Crippen molar-refractivity contribution < 1.29 is 17.9 Å². The molecule has 2 aromatic carbocycles. The van der Waals surface area contributed by atoms with Crippen molar-refractivity contribution in [2.45, 2.75) is 0 Å². The Bertz CT molecular complexity index is 575. The first-order chi connectivity index (χ1) is 8.61. The van der Waals surface area contributed by atoms with Gasteiger partial charge in [-0.1, -0.05) is 6.07 Å². The molecule has 0 radical (unpaired) electrons. The molecule has 0 heterocycles. The van der Waals surface area contributed by atoms with Gasteiger partial charge in [0, 0.05) is 6.07 Å². The van der Waals surface area contributed by atoms with Crippen molar-refractivity contribution in [3.8, 4) is 11.5 Å². The zero-order valence-corrected chi connectivity index (χ0v) is 9.08. The van der Waals surface area contributed by atoms with Crippen LogP contribution >= 0.6 is 0 Å². The minimum atomic E-state index is -1.13. The van der Waals surface area contributed by atoms with Crippen LogP contribution in [0.15, 0.2) is 36.4 Å². The Morgan fingerprint density at radius 1 is 1.00 bits per heavy atom. The molecule has 0 spiro atoms. The predicted octanol–water partition coefficient (Wildman–Crippen LogP) is 3.18. The average molecular weight is 254 g/mol. The molecule has 0 aliphatic carbocycles. The predicted molar refractivity (Wildman–Crippen MR) is 60.6 cm³/mol. The summed E-state index contributed by atoms with van der Waals surface area (Å²) < 4.78 is 44.6. The Hall–Kier alpha value is -2.21. The van der Waals surface area contributed by atoms with E-state index in [4.69, 9.17) is 10.6 Å². The van der Waals surface area contributed by atoms with Gasteiger partial charge in [-0.25, -0.2) is 8.78 Å². The number of nitrogens with two attached hydrogens (primary N) is 1. The van der Waals surface area contributed by atoms with Gasteiger partial charge in [0.05, 0.1) is 5.69 Å². The maximum atomic E-state index is 13.3. The standard InChI is InChI=1S/C12H9F3N2O/c13-8-2-1-3-11(12(8)15)18-7-4-5-10(17-16)9(14)6-7/h1-6,17H,16H2. The molecule has 2 rings (SSSR count). The molecule has 0 bridgehead atoms. The van der Waals surface area contributed by atoms with E-state index in [2.05, 4.69) is 5.43 Å². The van der Waals surface area contributed by atoms with Gasteiger partial charge in [0.15, 0.2) is 17.4 Å². The SMILES string of the molecule is NNc1ccc(Oc2cccc(F)c2F)cc1F. The van der Waals surface area contributed by atoms with Gasteiger partial charge in [0.2, 0.25) is 5.82 Å². The molecule has 0 saturated heterocycles. The van der Waals surface area contributed by atoms with Crippen molar-refractivity contribution in [2.24, 2.45) is 5.84 Å². The minimum absolute atomic E-state index is 0.0380. The molecule has 0 unspecified atom stereocenters. The quantitative estimate of drug-likeness (QED) is 0.653. The van der Waals surface area contributed by atoms with Crippen molar-refractivity contribution in [3.05, 3.63) is 53.8 Å². The Kier molecular flexibility index (Phi) is 3.38. The van der Waals surface area contributed by atoms with Gasteiger partial charge in [0.25, 0.3) is 0 Å². The van der Waals surface area contributed by atoms with Gasteiger partial charge in [-0.15, -0.1) is 0 Å². The Morgan fingerprint density at radius 3 is 2.44 bits per heavy atom. The van der Waals surface area contributed by atoms with E-state index in [1.54, 1.807) is 0 Å². The van der Waals surface area contributed by atoms with Crippen molar-refractivity contribution in [1.29, 1.82) is 0 Å². The summed E-state index contributed by atoms with van der Waals surface area (Å²) in [4.78, 5) is 0. The summed E-state index contributed by atoms with van der Waals surface area (Å²) in [5.41, 5.74) is 2.21. The zero-order valence-electron chi connectivity index (χ0n) is 9.08. The van der Waals surface area contributed by atoms with E-state index in [9.17, 15) is 13.2 Å². The zero-order chi connectivity index (χ0) is 13.1. The molecule has 3 N–H and O–H groups in total. The molecule has 0 saturated carbocycles. The highest BCUT2D eigenvalue weighted by Crippen LogP contribution is 2.27. The molecular weight excluding hydrogens is 245 g/mol. The van der Waals surface area contributed by atoms with Gasteiger partial charge in [0.1, 0.15) is 5.75 Å². The summed E-state index contributed by atoms with van der Waals surface area (Å²) in [6.07, 6.45) is 0. The fraction of sp³-hybridized carbons (Fsp3) is 0. The number of hydrogen-bond donors (Lipinski definition) is 2. The highest BCUT2D eigenvalue weighted by molar-refractivity contribution is 5.47. The fourth-order valence-corrected chi connectivity index (χ4v) is 1.37. The molecule has 18 heavy (non-hydrogen) atoms. The lowest BCUT2D eigenvalue weighted by molar-refractivity contribution is 0.414. The van der Waals surface area contributed by atoms with Crippen molar-refractivity contribution in [2.75, 3.05) is 5.43 Å². The molecule has 0 amide bonds. The lowest BCUT2D eigenvalue weighted by Crippen LogP contribution is -2.08. The summed E-state index contributed by atoms with van der Waals surface area (Å²) in [5.74, 6) is 1.96. The fourth-order valence-electron chi connectivity index (χ4n) is 1.37. The van der Waals surface area contributed by atoms with Crippen LogP contribution in [0.1, 0.15) is 0 Å². The summed E-state index contributed by atoms with van der Waals surface area (Å²) in [7, 11) is 0. The number of hydrazine groups is 1. The van der Waals surface area contributed by atoms with Crippen LogP contribution < -0.4 is 16.0 Å². The second kappa shape index (κ2) is 4.97. The van der Waals surface area contributed by atoms with Crippen molar-refractivity contribution >= 4 is 5.69 Å². The van der Waals surface area contributed by atoms with Crippen LogP contribution in [-0.4, -0.2) is 0 Å². The summed E-state index contributed by atoms with van der Waals surface area (Å²) in [5, 5.41) is 0. The number of nitrogens with one attached hydrogen (secondary N) is 1. The van der Waals surface area contributed by atoms with Crippen LogP contribution in [0.5, 0.6) is 11.5 Å². The Balaban J connectivity index is 2.29. The minimum Gasteiger partial charge on any atom is -0.454 e. The van der Waals surface area contributed by atoms with Crippen molar-refractivity contribution in [3.63, 3.8) is 0 Å². The van der Waals surface area contributed by atoms with Crippen LogP contribution in [0.25, 0.3) is 0 Å². The van der Waals surface area contributed by atoms with E-state index < -0.39 is 17.5 Å². The van der Waals surface area contributed by atoms with Gasteiger partial charge >= 0.3 is 0 Å². The van der Waals surface area contributed by atoms with E-state index in [0.717, 1.165) is 12.1 Å². The summed E-state index contributed by atoms with van der Waals surface area (Å²) >= 11 is 0. The van der Waals surface area contributed by atoms with Gasteiger partial charge in [-0.3, -0.25) is 5.84 Å². The third-order valence-electron chi connectivity index (χ3n) is 2.24. The molecule has 2 aromatic rings. The molecule has 0 aromatic heterocycles. The first-order valence-corrected chi connectivity index (χ1v) is 5.00. The third-order valence-corrected chi connectivity index (χ3v) is 2.24. The number of halogens is 3. The van der Waals surface area contributed by atoms with Crippen LogP contribution in [0, 0.1) is 17.5 Å². The van der Waals surface area contributed by atoms with Crippen LogP contribution in [0.3, 0.4) is 0 Å². The van der Waals surface area contributed by atoms with E-state index in [-0.39, 0.29) is 17.2 Å². The Labute approximate surface area is 101 Å². The monoisotopic (exact) mass is 254 g/mol. The van der Waals surface area contributed by atoms with Gasteiger partial charge < -0.3 is 10.2 Å². The molecule has 94 valence electrons. The lowest BCUT2D eigenvalue weighted by Gasteiger charge is -2.08. The number of hydrogen-bond acceptors (Lipinski definition) is 3. The van der Waals surface area contributed by atoms with Gasteiger partial charge in [-0.05, 0) is 24.3 Å². The number of ether oxygens (including phenoxy) is 1. The smallest absolute Gasteiger partial charge is 0.201 e. The lowest BCUT2D eigenvalue weighted by atomic mass is 10.3. The maximum absolute atomic E-state index is 13.3. The molecule has 0 aliphatic rings. The molecule has 3 nitrogen and oxygen atoms in total. The number of anilines is 1. The largest absolute Gasteiger partial charge is 0.454 e. The van der Waals surface area contributed by atoms with E-state index in [0.29, 0.717) is 0 Å². The second-order valence-electron chi connectivity index (χ2n) is 3.44. The topological polar surface area (TPSA) is 47.3 Å². The Morgan fingerprint density at radius 2 is 1.78 bits per heavy atom. The van der Waals surface area contributed by atoms with Crippen LogP contribution in [0.2, 0.25) is 0 Å². The first kappa shape index (κ1) is 12.3. The van der Waals surface area contributed by atoms with Crippen LogP contribution in [-0.2, 0) is 0 Å². The number of nitrogen functional groups attached to an aromatic ring is 1. The molecule has 6 heteroatoms.